The van der Waals surface area contributed by atoms with Gasteiger partial charge in [0.25, 0.3) is 0 Å². The molecule has 0 amide bonds. The van der Waals surface area contributed by atoms with Crippen molar-refractivity contribution in [3.8, 4) is 0 Å². The fraction of sp³-hybridized carbons (Fsp3) is 0.300. The first-order chi connectivity index (χ1) is 7.06. The third kappa shape index (κ3) is 2.83. The van der Waals surface area contributed by atoms with E-state index in [-0.39, 0.29) is 29.3 Å². The molecule has 0 spiro atoms. The Bertz CT molecular complexity index is 382. The highest BCUT2D eigenvalue weighted by Gasteiger charge is 2.14. The minimum absolute atomic E-state index is 0.0290. The first-order valence-corrected chi connectivity index (χ1v) is 4.82. The summed E-state index contributed by atoms with van der Waals surface area (Å²) in [4.78, 5) is 11.1. The third-order valence-electron chi connectivity index (χ3n) is 1.84. The summed E-state index contributed by atoms with van der Waals surface area (Å²) < 4.78 is 18.1. The molecule has 0 aliphatic carbocycles. The van der Waals surface area contributed by atoms with Crippen molar-refractivity contribution < 1.29 is 13.9 Å². The molecule has 0 atom stereocenters. The quantitative estimate of drug-likeness (QED) is 0.641. The average molecular weight is 232 g/mol. The summed E-state index contributed by atoms with van der Waals surface area (Å²) in [6, 6.07) is 2.81. The normalized spacial score (nSPS) is 10.1. The van der Waals surface area contributed by atoms with Crippen LogP contribution in [0.15, 0.2) is 12.1 Å². The van der Waals surface area contributed by atoms with Crippen LogP contribution in [0.3, 0.4) is 0 Å². The molecule has 0 saturated heterocycles. The van der Waals surface area contributed by atoms with Gasteiger partial charge in [-0.2, -0.15) is 0 Å². The number of rotatable bonds is 3. The molecule has 3 nitrogen and oxygen atoms in total. The van der Waals surface area contributed by atoms with E-state index >= 15 is 0 Å². The Hall–Kier alpha value is -1.29. The van der Waals surface area contributed by atoms with E-state index in [2.05, 4.69) is 0 Å². The molecule has 0 heterocycles. The fourth-order valence-corrected chi connectivity index (χ4v) is 1.35. The molecule has 0 aliphatic rings. The van der Waals surface area contributed by atoms with Crippen molar-refractivity contribution in [1.29, 1.82) is 0 Å². The second-order valence-electron chi connectivity index (χ2n) is 2.91. The van der Waals surface area contributed by atoms with Crippen LogP contribution in [0.4, 0.5) is 10.1 Å². The van der Waals surface area contributed by atoms with Gasteiger partial charge in [-0.3, -0.25) is 4.79 Å². The highest BCUT2D eigenvalue weighted by molar-refractivity contribution is 6.31. The topological polar surface area (TPSA) is 52.3 Å². The molecule has 0 aliphatic heterocycles. The number of nitrogens with two attached hydrogens (primary N) is 1. The summed E-state index contributed by atoms with van der Waals surface area (Å²) in [5.41, 5.74) is 5.40. The van der Waals surface area contributed by atoms with Gasteiger partial charge < -0.3 is 10.5 Å². The van der Waals surface area contributed by atoms with Gasteiger partial charge in [0.1, 0.15) is 0 Å². The molecular weight excluding hydrogens is 221 g/mol. The molecule has 0 unspecified atom stereocenters. The van der Waals surface area contributed by atoms with Crippen molar-refractivity contribution in [3.63, 3.8) is 0 Å². The molecule has 0 radical (unpaired) electrons. The zero-order valence-corrected chi connectivity index (χ0v) is 8.97. The lowest BCUT2D eigenvalue weighted by molar-refractivity contribution is -0.142. The second-order valence-corrected chi connectivity index (χ2v) is 3.32. The predicted molar refractivity (Wildman–Crippen MR) is 56.2 cm³/mol. The number of carbonyl (C=O) groups is 1. The summed E-state index contributed by atoms with van der Waals surface area (Å²) in [5, 5.41) is 0.176. The maximum Gasteiger partial charge on any atom is 0.310 e. The van der Waals surface area contributed by atoms with Gasteiger partial charge in [-0.05, 0) is 19.1 Å². The third-order valence-corrected chi connectivity index (χ3v) is 2.20. The lowest BCUT2D eigenvalue weighted by atomic mass is 10.1. The summed E-state index contributed by atoms with van der Waals surface area (Å²) in [6.07, 6.45) is -0.205. The molecule has 0 aromatic heterocycles. The Morgan fingerprint density at radius 2 is 2.27 bits per heavy atom. The van der Waals surface area contributed by atoms with Crippen molar-refractivity contribution in [3.05, 3.63) is 28.5 Å². The number of hydrogen-bond donors (Lipinski definition) is 1. The number of esters is 1. The van der Waals surface area contributed by atoms with Gasteiger partial charge in [0.05, 0.1) is 18.7 Å². The number of halogens is 2. The molecular formula is C10H11ClFNO2. The van der Waals surface area contributed by atoms with Gasteiger partial charge in [0.15, 0.2) is 5.82 Å². The molecule has 1 rings (SSSR count). The van der Waals surface area contributed by atoms with Crippen LogP contribution in [0.1, 0.15) is 12.5 Å². The van der Waals surface area contributed by atoms with E-state index in [0.717, 1.165) is 0 Å². The lowest BCUT2D eigenvalue weighted by Gasteiger charge is -2.07. The van der Waals surface area contributed by atoms with Crippen LogP contribution in [-0.4, -0.2) is 12.6 Å². The highest BCUT2D eigenvalue weighted by Crippen LogP contribution is 2.24. The van der Waals surface area contributed by atoms with E-state index in [1.807, 2.05) is 0 Å². The highest BCUT2D eigenvalue weighted by atomic mass is 35.5. The van der Waals surface area contributed by atoms with Gasteiger partial charge >= 0.3 is 5.97 Å². The van der Waals surface area contributed by atoms with Crippen LogP contribution in [0.5, 0.6) is 0 Å². The number of anilines is 1. The predicted octanol–water partition coefficient (Wildman–Crippen LogP) is 2.17. The maximum absolute atomic E-state index is 13.4. The number of hydrogen-bond acceptors (Lipinski definition) is 3. The Morgan fingerprint density at radius 3 is 2.87 bits per heavy atom. The SMILES string of the molecule is CCOC(=O)Cc1c(Cl)ccc(N)c1F. The zero-order chi connectivity index (χ0) is 11.4. The van der Waals surface area contributed by atoms with Crippen molar-refractivity contribution in [2.24, 2.45) is 0 Å². The van der Waals surface area contributed by atoms with E-state index in [1.54, 1.807) is 6.92 Å². The molecule has 0 bridgehead atoms. The Kier molecular flexibility index (Phi) is 3.91. The van der Waals surface area contributed by atoms with Crippen LogP contribution in [0, 0.1) is 5.82 Å². The van der Waals surface area contributed by atoms with E-state index in [9.17, 15) is 9.18 Å². The van der Waals surface area contributed by atoms with Crippen LogP contribution in [0.2, 0.25) is 5.02 Å². The van der Waals surface area contributed by atoms with E-state index in [4.69, 9.17) is 22.1 Å². The molecule has 0 fully saturated rings. The molecule has 1 aromatic carbocycles. The number of ether oxygens (including phenoxy) is 1. The van der Waals surface area contributed by atoms with Gasteiger partial charge in [-0.1, -0.05) is 11.6 Å². The van der Waals surface area contributed by atoms with Gasteiger partial charge in [0, 0.05) is 10.6 Å². The summed E-state index contributed by atoms with van der Waals surface area (Å²) >= 11 is 5.74. The first-order valence-electron chi connectivity index (χ1n) is 4.44. The van der Waals surface area contributed by atoms with Crippen molar-refractivity contribution >= 4 is 23.3 Å². The zero-order valence-electron chi connectivity index (χ0n) is 8.22. The number of nitrogen functional groups attached to an aromatic ring is 1. The second kappa shape index (κ2) is 4.98. The van der Waals surface area contributed by atoms with E-state index in [0.29, 0.717) is 0 Å². The smallest absolute Gasteiger partial charge is 0.310 e. The van der Waals surface area contributed by atoms with Crippen LogP contribution >= 0.6 is 11.6 Å². The number of benzene rings is 1. The fourth-order valence-electron chi connectivity index (χ4n) is 1.13. The van der Waals surface area contributed by atoms with E-state index < -0.39 is 11.8 Å². The molecule has 1 aromatic rings. The minimum atomic E-state index is -0.657. The van der Waals surface area contributed by atoms with Crippen LogP contribution in [0.25, 0.3) is 0 Å². The molecule has 5 heteroatoms. The van der Waals surface area contributed by atoms with Crippen LogP contribution < -0.4 is 5.73 Å². The Balaban J connectivity index is 2.93. The minimum Gasteiger partial charge on any atom is -0.466 e. The van der Waals surface area contributed by atoms with Gasteiger partial charge in [0.2, 0.25) is 0 Å². The van der Waals surface area contributed by atoms with Crippen molar-refractivity contribution in [1.82, 2.24) is 0 Å². The largest absolute Gasteiger partial charge is 0.466 e. The van der Waals surface area contributed by atoms with Gasteiger partial charge in [-0.25, -0.2) is 4.39 Å². The molecule has 15 heavy (non-hydrogen) atoms. The number of carbonyl (C=O) groups excluding carboxylic acids is 1. The van der Waals surface area contributed by atoms with Crippen LogP contribution in [-0.2, 0) is 16.0 Å². The van der Waals surface area contributed by atoms with Gasteiger partial charge in [-0.15, -0.1) is 0 Å². The molecule has 82 valence electrons. The van der Waals surface area contributed by atoms with Crippen molar-refractivity contribution in [2.45, 2.75) is 13.3 Å². The first kappa shape index (κ1) is 11.8. The maximum atomic E-state index is 13.4. The summed E-state index contributed by atoms with van der Waals surface area (Å²) in [6.45, 7) is 1.93. The molecule has 0 saturated carbocycles. The van der Waals surface area contributed by atoms with E-state index in [1.165, 1.54) is 12.1 Å². The monoisotopic (exact) mass is 231 g/mol. The Morgan fingerprint density at radius 1 is 1.60 bits per heavy atom. The van der Waals surface area contributed by atoms with Crippen molar-refractivity contribution in [2.75, 3.05) is 12.3 Å². The summed E-state index contributed by atoms with van der Waals surface area (Å²) in [5.74, 6) is -1.18. The summed E-state index contributed by atoms with van der Waals surface area (Å²) in [7, 11) is 0. The molecule has 2 N–H and O–H groups in total. The Labute approximate surface area is 92.0 Å². The lowest BCUT2D eigenvalue weighted by Crippen LogP contribution is -2.10. The standard InChI is InChI=1S/C10H11ClFNO2/c1-2-15-9(14)5-6-7(11)3-4-8(13)10(6)12/h3-4H,2,5,13H2,1H3. The average Bonchev–Trinajstić information content (AvgIpc) is 2.19.